The third kappa shape index (κ3) is 2.55. The molecule has 0 saturated heterocycles. The summed E-state index contributed by atoms with van der Waals surface area (Å²) in [6, 6.07) is 1.69. The van der Waals surface area contributed by atoms with Gasteiger partial charge in [0.25, 0.3) is 0 Å². The van der Waals surface area contributed by atoms with Crippen molar-refractivity contribution in [3.05, 3.63) is 29.7 Å². The molecule has 3 heteroatoms. The first-order chi connectivity index (χ1) is 8.65. The summed E-state index contributed by atoms with van der Waals surface area (Å²) in [4.78, 5) is 3.88. The van der Waals surface area contributed by atoms with Crippen molar-refractivity contribution in [1.29, 1.82) is 0 Å². The fraction of sp³-hybridized carbons (Fsp3) is 0.533. The Morgan fingerprint density at radius 2 is 2.28 bits per heavy atom. The molecule has 1 aliphatic carbocycles. The quantitative estimate of drug-likeness (QED) is 0.805. The Morgan fingerprint density at radius 3 is 2.89 bits per heavy atom. The number of allylic oxidation sites excluding steroid dienone is 2. The maximum absolute atomic E-state index is 13.8. The van der Waals surface area contributed by atoms with Crippen LogP contribution in [0.25, 0.3) is 5.57 Å². The van der Waals surface area contributed by atoms with Crippen molar-refractivity contribution in [2.24, 2.45) is 11.8 Å². The van der Waals surface area contributed by atoms with Crippen molar-refractivity contribution in [2.45, 2.75) is 33.1 Å². The summed E-state index contributed by atoms with van der Waals surface area (Å²) in [5.74, 6) is 1.54. The minimum absolute atomic E-state index is 0.260. The zero-order valence-corrected chi connectivity index (χ0v) is 11.2. The van der Waals surface area contributed by atoms with Crippen LogP contribution in [0.1, 0.15) is 38.7 Å². The van der Waals surface area contributed by atoms with Crippen molar-refractivity contribution in [3.63, 3.8) is 0 Å². The molecule has 0 amide bonds. The van der Waals surface area contributed by atoms with Crippen molar-refractivity contribution >= 4 is 5.57 Å². The monoisotopic (exact) mass is 249 g/mol. The highest BCUT2D eigenvalue weighted by atomic mass is 19.1. The van der Waals surface area contributed by atoms with Crippen molar-refractivity contribution in [3.8, 4) is 5.88 Å². The largest absolute Gasteiger partial charge is 0.481 e. The number of hydrogen-bond acceptors (Lipinski definition) is 2. The molecule has 1 aromatic heterocycles. The summed E-state index contributed by atoms with van der Waals surface area (Å²) in [5.41, 5.74) is 1.73. The van der Waals surface area contributed by atoms with Crippen molar-refractivity contribution in [2.75, 3.05) is 7.11 Å². The van der Waals surface area contributed by atoms with Crippen LogP contribution in [0.2, 0.25) is 0 Å². The predicted molar refractivity (Wildman–Crippen MR) is 70.9 cm³/mol. The molecule has 0 radical (unpaired) electrons. The molecule has 0 bridgehead atoms. The summed E-state index contributed by atoms with van der Waals surface area (Å²) in [7, 11) is 1.55. The van der Waals surface area contributed by atoms with Gasteiger partial charge < -0.3 is 4.74 Å². The number of nitrogens with zero attached hydrogens (tertiary/aromatic N) is 1. The van der Waals surface area contributed by atoms with E-state index in [1.807, 2.05) is 0 Å². The van der Waals surface area contributed by atoms with Crippen LogP contribution < -0.4 is 4.74 Å². The van der Waals surface area contributed by atoms with E-state index in [1.165, 1.54) is 12.6 Å². The van der Waals surface area contributed by atoms with Gasteiger partial charge in [-0.1, -0.05) is 26.3 Å². The van der Waals surface area contributed by atoms with Gasteiger partial charge in [0.2, 0.25) is 5.88 Å². The third-order valence-corrected chi connectivity index (χ3v) is 3.92. The lowest BCUT2D eigenvalue weighted by Crippen LogP contribution is -2.15. The molecule has 2 rings (SSSR count). The SMILES string of the molecule is CCC1CC=C(c2cc(OC)ncc2F)CC1C. The van der Waals surface area contributed by atoms with Crippen LogP contribution in [0.3, 0.4) is 0 Å². The Balaban J connectivity index is 2.29. The van der Waals surface area contributed by atoms with E-state index in [0.717, 1.165) is 24.3 Å². The van der Waals surface area contributed by atoms with E-state index in [9.17, 15) is 4.39 Å². The van der Waals surface area contributed by atoms with Gasteiger partial charge in [0.15, 0.2) is 0 Å². The molecule has 1 heterocycles. The van der Waals surface area contributed by atoms with E-state index in [-0.39, 0.29) is 5.82 Å². The molecule has 0 aliphatic heterocycles. The minimum atomic E-state index is -0.260. The van der Waals surface area contributed by atoms with Crippen LogP contribution in [-0.4, -0.2) is 12.1 Å². The molecule has 98 valence electrons. The van der Waals surface area contributed by atoms with E-state index >= 15 is 0 Å². The van der Waals surface area contributed by atoms with Gasteiger partial charge in [-0.2, -0.15) is 0 Å². The molecule has 2 nitrogen and oxygen atoms in total. The van der Waals surface area contributed by atoms with Gasteiger partial charge in [-0.15, -0.1) is 0 Å². The number of methoxy groups -OCH3 is 1. The smallest absolute Gasteiger partial charge is 0.213 e. The number of pyridine rings is 1. The van der Waals surface area contributed by atoms with Crippen LogP contribution >= 0.6 is 0 Å². The standard InChI is InChI=1S/C15H20FNO/c1-4-11-5-6-12(7-10(11)2)13-8-15(18-3)17-9-14(13)16/h6,8-11H,4-5,7H2,1-3H3. The Hall–Kier alpha value is -1.38. The number of hydrogen-bond donors (Lipinski definition) is 0. The molecule has 2 unspecified atom stereocenters. The maximum atomic E-state index is 13.8. The molecule has 0 aromatic carbocycles. The molecule has 0 N–H and O–H groups in total. The lowest BCUT2D eigenvalue weighted by Gasteiger charge is -2.28. The van der Waals surface area contributed by atoms with Crippen LogP contribution in [0.4, 0.5) is 4.39 Å². The van der Waals surface area contributed by atoms with Crippen LogP contribution in [0.15, 0.2) is 18.3 Å². The Bertz CT molecular complexity index is 456. The summed E-state index contributed by atoms with van der Waals surface area (Å²) in [6.45, 7) is 4.47. The van der Waals surface area contributed by atoms with E-state index in [4.69, 9.17) is 4.74 Å². The molecule has 18 heavy (non-hydrogen) atoms. The lowest BCUT2D eigenvalue weighted by molar-refractivity contribution is 0.344. The summed E-state index contributed by atoms with van der Waals surface area (Å²) < 4.78 is 18.9. The van der Waals surface area contributed by atoms with Gasteiger partial charge >= 0.3 is 0 Å². The number of aromatic nitrogens is 1. The second-order valence-electron chi connectivity index (χ2n) is 5.02. The first kappa shape index (κ1) is 13.1. The highest BCUT2D eigenvalue weighted by Gasteiger charge is 2.23. The second-order valence-corrected chi connectivity index (χ2v) is 5.02. The number of halogens is 1. The van der Waals surface area contributed by atoms with Crippen molar-refractivity contribution < 1.29 is 9.13 Å². The molecule has 0 spiro atoms. The fourth-order valence-electron chi connectivity index (χ4n) is 2.69. The highest BCUT2D eigenvalue weighted by Crippen LogP contribution is 2.37. The fourth-order valence-corrected chi connectivity index (χ4v) is 2.69. The van der Waals surface area contributed by atoms with Gasteiger partial charge in [0, 0.05) is 11.6 Å². The molecule has 0 saturated carbocycles. The average molecular weight is 249 g/mol. The average Bonchev–Trinajstić information content (AvgIpc) is 2.39. The van der Waals surface area contributed by atoms with E-state index in [1.54, 1.807) is 13.2 Å². The molecule has 1 aromatic rings. The molecular weight excluding hydrogens is 229 g/mol. The van der Waals surface area contributed by atoms with Crippen LogP contribution in [0.5, 0.6) is 5.88 Å². The predicted octanol–water partition coefficient (Wildman–Crippen LogP) is 4.07. The van der Waals surface area contributed by atoms with Gasteiger partial charge in [0.1, 0.15) is 5.82 Å². The highest BCUT2D eigenvalue weighted by molar-refractivity contribution is 5.67. The summed E-state index contributed by atoms with van der Waals surface area (Å²) in [5, 5.41) is 0. The van der Waals surface area contributed by atoms with Crippen LogP contribution in [-0.2, 0) is 0 Å². The summed E-state index contributed by atoms with van der Waals surface area (Å²) in [6.07, 6.45) is 6.57. The Kier molecular flexibility index (Phi) is 4.00. The second kappa shape index (κ2) is 5.51. The van der Waals surface area contributed by atoms with E-state index in [0.29, 0.717) is 17.4 Å². The number of ether oxygens (including phenoxy) is 1. The molecule has 2 atom stereocenters. The zero-order valence-electron chi connectivity index (χ0n) is 11.2. The first-order valence-corrected chi connectivity index (χ1v) is 6.54. The Morgan fingerprint density at radius 1 is 1.50 bits per heavy atom. The van der Waals surface area contributed by atoms with E-state index in [2.05, 4.69) is 24.9 Å². The summed E-state index contributed by atoms with van der Waals surface area (Å²) >= 11 is 0. The van der Waals surface area contributed by atoms with Crippen LogP contribution in [0, 0.1) is 17.7 Å². The molecule has 0 fully saturated rings. The third-order valence-electron chi connectivity index (χ3n) is 3.92. The van der Waals surface area contributed by atoms with Gasteiger partial charge in [-0.3, -0.25) is 0 Å². The lowest BCUT2D eigenvalue weighted by atomic mass is 9.78. The first-order valence-electron chi connectivity index (χ1n) is 6.54. The van der Waals surface area contributed by atoms with Gasteiger partial charge in [-0.25, -0.2) is 9.37 Å². The Labute approximate surface area is 108 Å². The van der Waals surface area contributed by atoms with Gasteiger partial charge in [-0.05, 0) is 30.3 Å². The van der Waals surface area contributed by atoms with Gasteiger partial charge in [0.05, 0.1) is 13.3 Å². The van der Waals surface area contributed by atoms with E-state index < -0.39 is 0 Å². The zero-order chi connectivity index (χ0) is 13.1. The minimum Gasteiger partial charge on any atom is -0.481 e. The number of rotatable bonds is 3. The normalized spacial score (nSPS) is 23.7. The molecular formula is C15H20FNO. The maximum Gasteiger partial charge on any atom is 0.213 e. The topological polar surface area (TPSA) is 22.1 Å². The molecule has 1 aliphatic rings. The van der Waals surface area contributed by atoms with Crippen molar-refractivity contribution in [1.82, 2.24) is 4.98 Å².